The van der Waals surface area contributed by atoms with Crippen LogP contribution >= 0.6 is 0 Å². The Labute approximate surface area is 218 Å². The maximum Gasteiger partial charge on any atom is 0.338 e. The quantitative estimate of drug-likeness (QED) is 0.441. The Hall–Kier alpha value is -3.91. The number of rotatable bonds is 8. The maximum absolute atomic E-state index is 13.3. The number of amides is 3. The van der Waals surface area contributed by atoms with Gasteiger partial charge in [0.15, 0.2) is 0 Å². The van der Waals surface area contributed by atoms with Crippen molar-refractivity contribution in [3.8, 4) is 0 Å². The summed E-state index contributed by atoms with van der Waals surface area (Å²) in [7, 11) is 0. The standard InChI is InChI=1S/C29H34N4O4/c1-4-15-33-24(20-31-16-18-32(19-17-31)27(34)22-12-7-6-8-13-22)25(28(35)37-5-2)26(30-29(33)36)23-14-10-9-11-21(23)3/h4,6-14,26H,1,5,15-20H2,2-3H3,(H,30,36). The number of nitrogens with zero attached hydrogens (tertiary/aromatic N) is 3. The number of urea groups is 1. The molecule has 1 atom stereocenters. The molecule has 37 heavy (non-hydrogen) atoms. The van der Waals surface area contributed by atoms with Crippen LogP contribution in [0.3, 0.4) is 0 Å². The molecular weight excluding hydrogens is 468 g/mol. The summed E-state index contributed by atoms with van der Waals surface area (Å²) < 4.78 is 5.48. The van der Waals surface area contributed by atoms with Gasteiger partial charge in [0.25, 0.3) is 5.91 Å². The lowest BCUT2D eigenvalue weighted by atomic mass is 9.91. The van der Waals surface area contributed by atoms with E-state index in [4.69, 9.17) is 4.74 Å². The predicted molar refractivity (Wildman–Crippen MR) is 142 cm³/mol. The zero-order valence-electron chi connectivity index (χ0n) is 21.5. The van der Waals surface area contributed by atoms with Gasteiger partial charge in [-0.1, -0.05) is 48.5 Å². The molecule has 2 aromatic rings. The number of benzene rings is 2. The summed E-state index contributed by atoms with van der Waals surface area (Å²) in [5.41, 5.74) is 3.54. The van der Waals surface area contributed by atoms with Crippen LogP contribution in [0.1, 0.15) is 34.5 Å². The summed E-state index contributed by atoms with van der Waals surface area (Å²) in [6, 6.07) is 16.1. The first-order valence-electron chi connectivity index (χ1n) is 12.7. The molecule has 1 fully saturated rings. The van der Waals surface area contributed by atoms with E-state index < -0.39 is 12.0 Å². The summed E-state index contributed by atoms with van der Waals surface area (Å²) >= 11 is 0. The molecule has 2 aliphatic rings. The van der Waals surface area contributed by atoms with Gasteiger partial charge in [0.2, 0.25) is 0 Å². The number of carbonyl (C=O) groups is 3. The summed E-state index contributed by atoms with van der Waals surface area (Å²) in [4.78, 5) is 45.1. The van der Waals surface area contributed by atoms with Crippen molar-refractivity contribution in [2.45, 2.75) is 19.9 Å². The third kappa shape index (κ3) is 5.75. The van der Waals surface area contributed by atoms with Gasteiger partial charge in [-0.2, -0.15) is 0 Å². The van der Waals surface area contributed by atoms with Crippen LogP contribution in [0, 0.1) is 6.92 Å². The topological polar surface area (TPSA) is 82.2 Å². The van der Waals surface area contributed by atoms with Gasteiger partial charge in [0.05, 0.1) is 18.2 Å². The Morgan fingerprint density at radius 3 is 2.38 bits per heavy atom. The highest BCUT2D eigenvalue weighted by Gasteiger charge is 2.39. The van der Waals surface area contributed by atoms with Crippen molar-refractivity contribution in [1.82, 2.24) is 20.0 Å². The molecule has 2 aromatic carbocycles. The Morgan fingerprint density at radius 2 is 1.73 bits per heavy atom. The molecule has 1 N–H and O–H groups in total. The van der Waals surface area contributed by atoms with Crippen LogP contribution in [-0.4, -0.2) is 78.5 Å². The normalized spacial score (nSPS) is 18.4. The molecule has 1 unspecified atom stereocenters. The number of carbonyl (C=O) groups excluding carboxylic acids is 3. The summed E-state index contributed by atoms with van der Waals surface area (Å²) in [5.74, 6) is -0.436. The highest BCUT2D eigenvalue weighted by Crippen LogP contribution is 2.33. The second-order valence-electron chi connectivity index (χ2n) is 9.15. The van der Waals surface area contributed by atoms with E-state index in [9.17, 15) is 14.4 Å². The van der Waals surface area contributed by atoms with Crippen LogP contribution in [-0.2, 0) is 9.53 Å². The SMILES string of the molecule is C=CCN1C(=O)NC(c2ccccc2C)C(C(=O)OCC)=C1CN1CCN(C(=O)c2ccccc2)CC1. The van der Waals surface area contributed by atoms with Crippen molar-refractivity contribution in [3.63, 3.8) is 0 Å². The zero-order valence-corrected chi connectivity index (χ0v) is 21.5. The molecule has 3 amide bonds. The molecular formula is C29H34N4O4. The molecule has 0 aliphatic carbocycles. The van der Waals surface area contributed by atoms with Crippen molar-refractivity contribution in [3.05, 3.63) is 95.2 Å². The number of piperazine rings is 1. The Morgan fingerprint density at radius 1 is 1.05 bits per heavy atom. The zero-order chi connectivity index (χ0) is 26.4. The predicted octanol–water partition coefficient (Wildman–Crippen LogP) is 3.52. The average molecular weight is 503 g/mol. The Kier molecular flexibility index (Phi) is 8.40. The minimum atomic E-state index is -0.621. The van der Waals surface area contributed by atoms with Crippen LogP contribution < -0.4 is 5.32 Å². The lowest BCUT2D eigenvalue weighted by Crippen LogP contribution is -2.54. The Balaban J connectivity index is 1.63. The fraction of sp³-hybridized carbons (Fsp3) is 0.345. The van der Waals surface area contributed by atoms with E-state index in [0.29, 0.717) is 49.6 Å². The van der Waals surface area contributed by atoms with Crippen molar-refractivity contribution >= 4 is 17.9 Å². The van der Waals surface area contributed by atoms with E-state index in [1.807, 2.05) is 66.4 Å². The minimum absolute atomic E-state index is 0.0108. The summed E-state index contributed by atoms with van der Waals surface area (Å²) in [5, 5.41) is 3.01. The molecule has 0 radical (unpaired) electrons. The molecule has 8 heteroatoms. The lowest BCUT2D eigenvalue weighted by molar-refractivity contribution is -0.139. The van der Waals surface area contributed by atoms with Crippen LogP contribution in [0.2, 0.25) is 0 Å². The summed E-state index contributed by atoms with van der Waals surface area (Å²) in [6.07, 6.45) is 1.65. The van der Waals surface area contributed by atoms with E-state index in [1.165, 1.54) is 0 Å². The first-order valence-corrected chi connectivity index (χ1v) is 12.7. The monoisotopic (exact) mass is 502 g/mol. The van der Waals surface area contributed by atoms with Gasteiger partial charge in [-0.05, 0) is 37.1 Å². The van der Waals surface area contributed by atoms with Gasteiger partial charge in [0.1, 0.15) is 0 Å². The molecule has 2 heterocycles. The van der Waals surface area contributed by atoms with Crippen molar-refractivity contribution < 1.29 is 19.1 Å². The van der Waals surface area contributed by atoms with Crippen molar-refractivity contribution in [2.24, 2.45) is 0 Å². The molecule has 0 bridgehead atoms. The number of esters is 1. The molecule has 4 rings (SSSR count). The van der Waals surface area contributed by atoms with Crippen molar-refractivity contribution in [2.75, 3.05) is 45.9 Å². The molecule has 0 aromatic heterocycles. The fourth-order valence-electron chi connectivity index (χ4n) is 4.87. The lowest BCUT2D eigenvalue weighted by Gasteiger charge is -2.40. The van der Waals surface area contributed by atoms with Gasteiger partial charge in [-0.25, -0.2) is 9.59 Å². The van der Waals surface area contributed by atoms with Crippen molar-refractivity contribution in [1.29, 1.82) is 0 Å². The fourth-order valence-corrected chi connectivity index (χ4v) is 4.87. The van der Waals surface area contributed by atoms with E-state index in [-0.39, 0.29) is 25.1 Å². The van der Waals surface area contributed by atoms with Gasteiger partial charge < -0.3 is 15.0 Å². The molecule has 2 aliphatic heterocycles. The summed E-state index contributed by atoms with van der Waals surface area (Å²) in [6.45, 7) is 10.8. The van der Waals surface area contributed by atoms with Crippen LogP contribution in [0.25, 0.3) is 0 Å². The highest BCUT2D eigenvalue weighted by molar-refractivity contribution is 5.95. The first kappa shape index (κ1) is 26.2. The third-order valence-corrected chi connectivity index (χ3v) is 6.80. The van der Waals surface area contributed by atoms with Gasteiger partial charge in [-0.15, -0.1) is 6.58 Å². The number of hydrogen-bond acceptors (Lipinski definition) is 5. The largest absolute Gasteiger partial charge is 0.463 e. The Bertz CT molecular complexity index is 1190. The van der Waals surface area contributed by atoms with Crippen LogP contribution in [0.15, 0.2) is 78.5 Å². The van der Waals surface area contributed by atoms with Gasteiger partial charge in [0, 0.05) is 50.5 Å². The third-order valence-electron chi connectivity index (χ3n) is 6.80. The number of nitrogens with one attached hydrogen (secondary N) is 1. The molecule has 0 saturated carbocycles. The molecule has 0 spiro atoms. The number of ether oxygens (including phenoxy) is 1. The number of hydrogen-bond donors (Lipinski definition) is 1. The maximum atomic E-state index is 13.3. The van der Waals surface area contributed by atoms with E-state index in [0.717, 1.165) is 11.1 Å². The smallest absolute Gasteiger partial charge is 0.338 e. The average Bonchev–Trinajstić information content (AvgIpc) is 2.91. The van der Waals surface area contributed by atoms with Crippen LogP contribution in [0.5, 0.6) is 0 Å². The minimum Gasteiger partial charge on any atom is -0.463 e. The number of aryl methyl sites for hydroxylation is 1. The van der Waals surface area contributed by atoms with E-state index in [2.05, 4.69) is 16.8 Å². The van der Waals surface area contributed by atoms with Gasteiger partial charge >= 0.3 is 12.0 Å². The molecule has 8 nitrogen and oxygen atoms in total. The second kappa shape index (κ2) is 11.9. The van der Waals surface area contributed by atoms with Gasteiger partial charge in [-0.3, -0.25) is 14.6 Å². The second-order valence-corrected chi connectivity index (χ2v) is 9.15. The van der Waals surface area contributed by atoms with Crippen LogP contribution in [0.4, 0.5) is 4.79 Å². The first-order chi connectivity index (χ1) is 17.9. The van der Waals surface area contributed by atoms with E-state index >= 15 is 0 Å². The molecule has 194 valence electrons. The van der Waals surface area contributed by atoms with E-state index in [1.54, 1.807) is 17.9 Å². The highest BCUT2D eigenvalue weighted by atomic mass is 16.5. The molecule has 1 saturated heterocycles.